The number of ketones is 2. The second kappa shape index (κ2) is 8.76. The fourth-order valence-electron chi connectivity index (χ4n) is 4.41. The number of benzene rings is 4. The summed E-state index contributed by atoms with van der Waals surface area (Å²) >= 11 is 0. The molecule has 10 nitrogen and oxygen atoms in total. The van der Waals surface area contributed by atoms with Gasteiger partial charge in [-0.1, -0.05) is 72.8 Å². The highest BCUT2D eigenvalue weighted by atomic mass is 16.2. The minimum atomic E-state index is -0.378. The van der Waals surface area contributed by atoms with Crippen LogP contribution < -0.4 is 23.0 Å². The summed E-state index contributed by atoms with van der Waals surface area (Å²) in [5, 5.41) is 15.0. The first-order chi connectivity index (χ1) is 17.4. The van der Waals surface area contributed by atoms with E-state index in [4.69, 9.17) is 17.2 Å². The Balaban J connectivity index is 0.000000127. The number of nitrogen functional groups attached to an aromatic ring is 1. The molecule has 0 spiro atoms. The zero-order chi connectivity index (χ0) is 25.4. The van der Waals surface area contributed by atoms with Gasteiger partial charge < -0.3 is 23.0 Å². The van der Waals surface area contributed by atoms with Gasteiger partial charge in [0, 0.05) is 33.0 Å². The predicted octanol–water partition coefficient (Wildman–Crippen LogP) is 2.61. The van der Waals surface area contributed by atoms with Crippen molar-refractivity contribution in [3.63, 3.8) is 0 Å². The lowest BCUT2D eigenvalue weighted by molar-refractivity contribution is 0.0825. The summed E-state index contributed by atoms with van der Waals surface area (Å²) in [5.74, 6) is 3.88. The van der Waals surface area contributed by atoms with Crippen molar-refractivity contribution in [1.82, 2.24) is 15.2 Å². The van der Waals surface area contributed by atoms with Gasteiger partial charge >= 0.3 is 0 Å². The minimum Gasteiger partial charge on any atom is -0.369 e. The van der Waals surface area contributed by atoms with Crippen molar-refractivity contribution < 1.29 is 9.59 Å². The first kappa shape index (κ1) is 22.4. The van der Waals surface area contributed by atoms with Gasteiger partial charge in [0.1, 0.15) is 11.4 Å². The number of anilines is 1. The zero-order valence-electron chi connectivity index (χ0n) is 18.8. The number of hydrogen-bond donors (Lipinski definition) is 4. The van der Waals surface area contributed by atoms with E-state index in [-0.39, 0.29) is 23.5 Å². The van der Waals surface area contributed by atoms with Crippen LogP contribution in [-0.2, 0) is 0 Å². The molecule has 7 rings (SSSR count). The predicted molar refractivity (Wildman–Crippen MR) is 139 cm³/mol. The maximum atomic E-state index is 11.5. The normalized spacial score (nSPS) is 11.9. The Kier molecular flexibility index (Phi) is 5.46. The quantitative estimate of drug-likeness (QED) is 0.0839. The van der Waals surface area contributed by atoms with E-state index < -0.39 is 0 Å². The summed E-state index contributed by atoms with van der Waals surface area (Å²) in [6.07, 6.45) is 0. The molecule has 0 fully saturated rings. The molecule has 1 aromatic heterocycles. The molecular formula is C26H20N8O2. The van der Waals surface area contributed by atoms with Crippen molar-refractivity contribution in [3.8, 4) is 22.5 Å². The number of nitrogens with zero attached hydrogens (tertiary/aromatic N) is 4. The number of carbonyl (C=O) groups excluding carboxylic acids is 2. The number of hydrogen-bond acceptors (Lipinski definition) is 8. The maximum Gasteiger partial charge on any atom is 0.240 e. The molecule has 1 heterocycles. The Morgan fingerprint density at radius 3 is 1.53 bits per heavy atom. The standard InChI is InChI=1S/C13H8N4.C12H6O2.CH6N4/c14-13-15-11-8-5-1-3-7-4-2-6-9(10(7)8)12(11)16-17-13;13-11-8-5-1-3-7-4-2-6-9(10(7)8)12(11)14;2-1(3)5-4/h1-6H,(H2,14,15,17);1-6H;4H2,(H4,2,3,5). The molecule has 5 aromatic rings. The second-order valence-electron chi connectivity index (χ2n) is 8.00. The van der Waals surface area contributed by atoms with Crippen LogP contribution in [0.2, 0.25) is 0 Å². The van der Waals surface area contributed by atoms with E-state index in [1.807, 2.05) is 36.4 Å². The van der Waals surface area contributed by atoms with Crippen molar-refractivity contribution in [3.05, 3.63) is 83.9 Å². The first-order valence-electron chi connectivity index (χ1n) is 10.8. The Hall–Kier alpha value is -5.38. The maximum absolute atomic E-state index is 11.5. The molecule has 0 aliphatic heterocycles. The van der Waals surface area contributed by atoms with Crippen molar-refractivity contribution in [2.75, 3.05) is 5.73 Å². The number of rotatable bonds is 0. The number of nitrogens with two attached hydrogens (primary N) is 4. The Bertz CT molecular complexity index is 1670. The number of hydrazone groups is 1. The minimum absolute atomic E-state index is 0.0926. The lowest BCUT2D eigenvalue weighted by atomic mass is 10.0. The topological polar surface area (TPSA) is 189 Å². The molecule has 2 aliphatic rings. The molecule has 0 unspecified atom stereocenters. The fraction of sp³-hybridized carbons (Fsp3) is 0. The molecule has 0 saturated carbocycles. The third-order valence-electron chi connectivity index (χ3n) is 5.87. The van der Waals surface area contributed by atoms with Crippen LogP contribution in [0.1, 0.15) is 20.7 Å². The molecular weight excluding hydrogens is 456 g/mol. The summed E-state index contributed by atoms with van der Waals surface area (Å²) in [6, 6.07) is 23.2. The van der Waals surface area contributed by atoms with Crippen molar-refractivity contribution in [2.24, 2.45) is 22.4 Å². The van der Waals surface area contributed by atoms with E-state index in [1.54, 1.807) is 24.3 Å². The number of guanidine groups is 1. The van der Waals surface area contributed by atoms with Crippen molar-refractivity contribution >= 4 is 45.0 Å². The Labute approximate surface area is 204 Å². The highest BCUT2D eigenvalue weighted by molar-refractivity contribution is 6.57. The van der Waals surface area contributed by atoms with Gasteiger partial charge in [0.25, 0.3) is 0 Å². The van der Waals surface area contributed by atoms with Gasteiger partial charge in [-0.25, -0.2) is 4.98 Å². The number of Topliss-reactive ketones (excluding diaryl/α,β-unsaturated/α-hetero) is 2. The third kappa shape index (κ3) is 3.62. The van der Waals surface area contributed by atoms with Crippen LogP contribution >= 0.6 is 0 Å². The van der Waals surface area contributed by atoms with Gasteiger partial charge in [0.05, 0.1) is 0 Å². The van der Waals surface area contributed by atoms with Gasteiger partial charge in [-0.15, -0.1) is 15.3 Å². The molecule has 176 valence electrons. The lowest BCUT2D eigenvalue weighted by Gasteiger charge is -1.99. The summed E-state index contributed by atoms with van der Waals surface area (Å²) in [6.45, 7) is 0. The molecule has 0 saturated heterocycles. The number of aromatic nitrogens is 3. The van der Waals surface area contributed by atoms with Crippen LogP contribution in [-0.4, -0.2) is 32.7 Å². The summed E-state index contributed by atoms with van der Waals surface area (Å²) < 4.78 is 0. The number of carbonyl (C=O) groups is 2. The molecule has 36 heavy (non-hydrogen) atoms. The number of fused-ring (bicyclic) bond motifs is 3. The molecule has 10 heteroatoms. The molecule has 2 aliphatic carbocycles. The van der Waals surface area contributed by atoms with E-state index in [0.717, 1.165) is 33.3 Å². The molecule has 0 atom stereocenters. The third-order valence-corrected chi connectivity index (χ3v) is 5.87. The van der Waals surface area contributed by atoms with Crippen molar-refractivity contribution in [2.45, 2.75) is 0 Å². The Morgan fingerprint density at radius 1 is 0.639 bits per heavy atom. The van der Waals surface area contributed by atoms with E-state index in [2.05, 4.69) is 38.3 Å². The summed E-state index contributed by atoms with van der Waals surface area (Å²) in [5.41, 5.74) is 19.9. The summed E-state index contributed by atoms with van der Waals surface area (Å²) in [4.78, 5) is 27.4. The van der Waals surface area contributed by atoms with E-state index >= 15 is 0 Å². The first-order valence-corrected chi connectivity index (χ1v) is 10.8. The van der Waals surface area contributed by atoms with Crippen LogP contribution in [0.25, 0.3) is 44.1 Å². The van der Waals surface area contributed by atoms with Crippen molar-refractivity contribution in [1.29, 1.82) is 0 Å². The van der Waals surface area contributed by atoms with Gasteiger partial charge in [-0.2, -0.15) is 0 Å². The average molecular weight is 477 g/mol. The highest BCUT2D eigenvalue weighted by Crippen LogP contribution is 2.44. The van der Waals surface area contributed by atoms with Crippen LogP contribution in [0.3, 0.4) is 0 Å². The smallest absolute Gasteiger partial charge is 0.240 e. The van der Waals surface area contributed by atoms with Crippen LogP contribution in [0, 0.1) is 0 Å². The van der Waals surface area contributed by atoms with Gasteiger partial charge in [-0.3, -0.25) is 9.59 Å². The molecule has 0 amide bonds. The van der Waals surface area contributed by atoms with Crippen LogP contribution in [0.15, 0.2) is 77.9 Å². The SMILES string of the molecule is NN=C(N)N.Nc1nnc2c(n1)-c1cccc3cccc-2c13.O=C1C(=O)c2cccc3cccc1c23. The molecule has 4 aromatic carbocycles. The molecule has 0 radical (unpaired) electrons. The van der Waals surface area contributed by atoms with Crippen LogP contribution in [0.4, 0.5) is 5.95 Å². The molecule has 8 N–H and O–H groups in total. The van der Waals surface area contributed by atoms with Crippen LogP contribution in [0.5, 0.6) is 0 Å². The van der Waals surface area contributed by atoms with Gasteiger partial charge in [-0.05, 0) is 10.8 Å². The average Bonchev–Trinajstić information content (AvgIpc) is 3.35. The van der Waals surface area contributed by atoms with Gasteiger partial charge in [0.15, 0.2) is 0 Å². The monoisotopic (exact) mass is 476 g/mol. The van der Waals surface area contributed by atoms with E-state index in [1.165, 1.54) is 10.8 Å². The zero-order valence-corrected chi connectivity index (χ0v) is 18.8. The second-order valence-corrected chi connectivity index (χ2v) is 8.00. The Morgan fingerprint density at radius 2 is 1.06 bits per heavy atom. The lowest BCUT2D eigenvalue weighted by Crippen LogP contribution is -2.23. The fourth-order valence-corrected chi connectivity index (χ4v) is 4.41. The van der Waals surface area contributed by atoms with E-state index in [0.29, 0.717) is 11.1 Å². The highest BCUT2D eigenvalue weighted by Gasteiger charge is 2.30. The summed E-state index contributed by atoms with van der Waals surface area (Å²) in [7, 11) is 0. The van der Waals surface area contributed by atoms with Gasteiger partial charge in [0.2, 0.25) is 23.5 Å². The van der Waals surface area contributed by atoms with E-state index in [9.17, 15) is 9.59 Å². The largest absolute Gasteiger partial charge is 0.369 e. The molecule has 0 bridgehead atoms.